The second kappa shape index (κ2) is 10.1. The standard InChI is InChI=1S/C13H17Cl4NO2/c1-19-6-3-18-4-7-20-5-2-9-10(14)8-11(15)13(17)12(9)16/h8,18H,2-7H2,1H3. The molecule has 20 heavy (non-hydrogen) atoms. The Kier molecular flexibility index (Phi) is 9.21. The molecule has 0 aliphatic heterocycles. The highest BCUT2D eigenvalue weighted by atomic mass is 35.5. The molecule has 1 aromatic rings. The summed E-state index contributed by atoms with van der Waals surface area (Å²) in [6.07, 6.45) is 0.590. The quantitative estimate of drug-likeness (QED) is 0.408. The molecule has 0 aliphatic rings. The molecule has 0 amide bonds. The van der Waals surface area contributed by atoms with Crippen molar-refractivity contribution in [1.82, 2.24) is 5.32 Å². The lowest BCUT2D eigenvalue weighted by Crippen LogP contribution is -2.23. The SMILES string of the molecule is COCCNCCOCCc1c(Cl)cc(Cl)c(Cl)c1Cl. The van der Waals surface area contributed by atoms with E-state index in [-0.39, 0.29) is 0 Å². The maximum Gasteiger partial charge on any atom is 0.0782 e. The first-order valence-electron chi connectivity index (χ1n) is 6.17. The Morgan fingerprint density at radius 3 is 2.35 bits per heavy atom. The second-order valence-electron chi connectivity index (χ2n) is 4.05. The molecule has 1 aromatic carbocycles. The molecule has 7 heteroatoms. The van der Waals surface area contributed by atoms with Crippen LogP contribution >= 0.6 is 46.4 Å². The molecule has 0 unspecified atom stereocenters. The van der Waals surface area contributed by atoms with Crippen LogP contribution in [0.4, 0.5) is 0 Å². The van der Waals surface area contributed by atoms with E-state index in [1.54, 1.807) is 13.2 Å². The van der Waals surface area contributed by atoms with E-state index in [2.05, 4.69) is 5.32 Å². The van der Waals surface area contributed by atoms with Crippen LogP contribution in [0.1, 0.15) is 5.56 Å². The van der Waals surface area contributed by atoms with Gasteiger partial charge in [-0.1, -0.05) is 46.4 Å². The third-order valence-corrected chi connectivity index (χ3v) is 4.25. The Morgan fingerprint density at radius 2 is 1.65 bits per heavy atom. The minimum absolute atomic E-state index is 0.328. The van der Waals surface area contributed by atoms with Crippen LogP contribution in [0.5, 0.6) is 0 Å². The normalized spacial score (nSPS) is 11.1. The number of methoxy groups -OCH3 is 1. The zero-order chi connectivity index (χ0) is 15.0. The summed E-state index contributed by atoms with van der Waals surface area (Å²) in [7, 11) is 1.67. The van der Waals surface area contributed by atoms with Crippen LogP contribution in [0.2, 0.25) is 20.1 Å². The minimum atomic E-state index is 0.328. The topological polar surface area (TPSA) is 30.5 Å². The number of halogens is 4. The summed E-state index contributed by atoms with van der Waals surface area (Å²) in [5.41, 5.74) is 0.759. The van der Waals surface area contributed by atoms with Gasteiger partial charge in [-0.05, 0) is 18.1 Å². The van der Waals surface area contributed by atoms with E-state index in [0.29, 0.717) is 46.3 Å². The summed E-state index contributed by atoms with van der Waals surface area (Å²) in [5, 5.41) is 4.77. The fraction of sp³-hybridized carbons (Fsp3) is 0.538. The van der Waals surface area contributed by atoms with Gasteiger partial charge in [0.05, 0.1) is 34.9 Å². The molecule has 0 heterocycles. The first-order valence-corrected chi connectivity index (χ1v) is 7.68. The highest BCUT2D eigenvalue weighted by Gasteiger charge is 2.13. The van der Waals surface area contributed by atoms with Gasteiger partial charge in [0.1, 0.15) is 0 Å². The molecule has 0 spiro atoms. The van der Waals surface area contributed by atoms with Crippen molar-refractivity contribution in [3.05, 3.63) is 31.7 Å². The predicted octanol–water partition coefficient (Wildman–Crippen LogP) is 4.10. The van der Waals surface area contributed by atoms with Crippen LogP contribution in [0.3, 0.4) is 0 Å². The molecule has 0 aliphatic carbocycles. The molecule has 1 rings (SSSR count). The molecule has 3 nitrogen and oxygen atoms in total. The lowest BCUT2D eigenvalue weighted by Gasteiger charge is -2.10. The zero-order valence-corrected chi connectivity index (χ0v) is 14.2. The molecule has 1 N–H and O–H groups in total. The molecule has 0 atom stereocenters. The van der Waals surface area contributed by atoms with Crippen molar-refractivity contribution < 1.29 is 9.47 Å². The summed E-state index contributed by atoms with van der Waals surface area (Å²) in [5.74, 6) is 0. The highest BCUT2D eigenvalue weighted by Crippen LogP contribution is 2.37. The molecule has 0 bridgehead atoms. The average Bonchev–Trinajstić information content (AvgIpc) is 2.42. The minimum Gasteiger partial charge on any atom is -0.383 e. The average molecular weight is 361 g/mol. The van der Waals surface area contributed by atoms with E-state index >= 15 is 0 Å². The van der Waals surface area contributed by atoms with Gasteiger partial charge in [-0.2, -0.15) is 0 Å². The maximum atomic E-state index is 6.12. The number of ether oxygens (including phenoxy) is 2. The summed E-state index contributed by atoms with van der Waals surface area (Å²) in [6.45, 7) is 3.40. The fourth-order valence-corrected chi connectivity index (χ4v) is 2.67. The summed E-state index contributed by atoms with van der Waals surface area (Å²) in [6, 6.07) is 1.60. The number of hydrogen-bond acceptors (Lipinski definition) is 3. The fourth-order valence-electron chi connectivity index (χ4n) is 1.55. The van der Waals surface area contributed by atoms with Crippen LogP contribution < -0.4 is 5.32 Å². The van der Waals surface area contributed by atoms with Crippen molar-refractivity contribution in [2.24, 2.45) is 0 Å². The zero-order valence-electron chi connectivity index (χ0n) is 11.1. The van der Waals surface area contributed by atoms with E-state index in [4.69, 9.17) is 55.9 Å². The van der Waals surface area contributed by atoms with Crippen molar-refractivity contribution in [2.45, 2.75) is 6.42 Å². The van der Waals surface area contributed by atoms with Gasteiger partial charge < -0.3 is 14.8 Å². The second-order valence-corrected chi connectivity index (χ2v) is 5.62. The smallest absolute Gasteiger partial charge is 0.0782 e. The Hall–Kier alpha value is 0.260. The van der Waals surface area contributed by atoms with Gasteiger partial charge >= 0.3 is 0 Å². The van der Waals surface area contributed by atoms with Gasteiger partial charge in [-0.3, -0.25) is 0 Å². The molecule has 0 saturated heterocycles. The summed E-state index contributed by atoms with van der Waals surface area (Å²) >= 11 is 24.1. The monoisotopic (exact) mass is 359 g/mol. The number of benzene rings is 1. The van der Waals surface area contributed by atoms with Gasteiger partial charge in [0.2, 0.25) is 0 Å². The van der Waals surface area contributed by atoms with E-state index < -0.39 is 0 Å². The van der Waals surface area contributed by atoms with Crippen molar-refractivity contribution in [1.29, 1.82) is 0 Å². The number of rotatable bonds is 9. The van der Waals surface area contributed by atoms with Gasteiger partial charge in [0, 0.05) is 25.2 Å². The van der Waals surface area contributed by atoms with Gasteiger partial charge in [0.15, 0.2) is 0 Å². The van der Waals surface area contributed by atoms with E-state index in [1.807, 2.05) is 0 Å². The summed E-state index contributed by atoms with van der Waals surface area (Å²) in [4.78, 5) is 0. The number of hydrogen-bond donors (Lipinski definition) is 1. The maximum absolute atomic E-state index is 6.12. The van der Waals surface area contributed by atoms with Crippen LogP contribution in [0.25, 0.3) is 0 Å². The molecule has 0 aromatic heterocycles. The largest absolute Gasteiger partial charge is 0.383 e. The van der Waals surface area contributed by atoms with Crippen LogP contribution in [0.15, 0.2) is 6.07 Å². The van der Waals surface area contributed by atoms with Crippen LogP contribution in [-0.4, -0.2) is 40.0 Å². The molecule has 0 radical (unpaired) electrons. The Morgan fingerprint density at radius 1 is 0.950 bits per heavy atom. The van der Waals surface area contributed by atoms with Crippen molar-refractivity contribution in [3.63, 3.8) is 0 Å². The van der Waals surface area contributed by atoms with E-state index in [9.17, 15) is 0 Å². The third-order valence-electron chi connectivity index (χ3n) is 2.61. The Balaban J connectivity index is 2.31. The lowest BCUT2D eigenvalue weighted by molar-refractivity contribution is 0.135. The summed E-state index contributed by atoms with van der Waals surface area (Å²) < 4.78 is 10.4. The molecular weight excluding hydrogens is 344 g/mol. The van der Waals surface area contributed by atoms with Crippen molar-refractivity contribution in [2.75, 3.05) is 40.0 Å². The van der Waals surface area contributed by atoms with Crippen molar-refractivity contribution in [3.8, 4) is 0 Å². The molecule has 0 fully saturated rings. The first-order chi connectivity index (χ1) is 9.57. The molecule has 0 saturated carbocycles. The van der Waals surface area contributed by atoms with Crippen molar-refractivity contribution >= 4 is 46.4 Å². The van der Waals surface area contributed by atoms with Crippen LogP contribution in [0, 0.1) is 0 Å². The molecule has 114 valence electrons. The van der Waals surface area contributed by atoms with E-state index in [1.165, 1.54) is 0 Å². The van der Waals surface area contributed by atoms with E-state index in [0.717, 1.165) is 18.7 Å². The lowest BCUT2D eigenvalue weighted by atomic mass is 10.1. The highest BCUT2D eigenvalue weighted by molar-refractivity contribution is 6.49. The third kappa shape index (κ3) is 5.94. The first kappa shape index (κ1) is 18.3. The Bertz CT molecular complexity index is 429. The van der Waals surface area contributed by atoms with Gasteiger partial charge in [0.25, 0.3) is 0 Å². The number of nitrogens with one attached hydrogen (secondary N) is 1. The Labute approximate surface area is 139 Å². The van der Waals surface area contributed by atoms with Gasteiger partial charge in [-0.25, -0.2) is 0 Å². The van der Waals surface area contributed by atoms with Gasteiger partial charge in [-0.15, -0.1) is 0 Å². The molecular formula is C13H17Cl4NO2. The van der Waals surface area contributed by atoms with Crippen LogP contribution in [-0.2, 0) is 15.9 Å². The predicted molar refractivity (Wildman–Crippen MR) is 85.8 cm³/mol.